The first-order valence-corrected chi connectivity index (χ1v) is 11.5. The minimum absolute atomic E-state index is 0.00457. The highest BCUT2D eigenvalue weighted by Crippen LogP contribution is 2.26. The summed E-state index contributed by atoms with van der Waals surface area (Å²) in [6, 6.07) is 7.84. The highest BCUT2D eigenvalue weighted by atomic mass is 35.5. The van der Waals surface area contributed by atoms with E-state index in [2.05, 4.69) is 20.6 Å². The lowest BCUT2D eigenvalue weighted by Gasteiger charge is -2.30. The van der Waals surface area contributed by atoms with E-state index in [9.17, 15) is 13.2 Å². The summed E-state index contributed by atoms with van der Waals surface area (Å²) in [6.45, 7) is 2.33. The number of rotatable bonds is 5. The molecule has 1 aliphatic rings. The van der Waals surface area contributed by atoms with E-state index in [0.717, 1.165) is 5.69 Å². The Labute approximate surface area is 184 Å². The van der Waals surface area contributed by atoms with Crippen LogP contribution in [0.25, 0.3) is 11.6 Å². The zero-order chi connectivity index (χ0) is 22.2. The Kier molecular flexibility index (Phi) is 5.82. The number of aromatic nitrogens is 4. The molecule has 1 aliphatic heterocycles. The maximum Gasteiger partial charge on any atom is 0.322 e. The van der Waals surface area contributed by atoms with Gasteiger partial charge in [-0.1, -0.05) is 16.7 Å². The Morgan fingerprint density at radius 3 is 2.48 bits per heavy atom. The first-order chi connectivity index (χ1) is 14.7. The molecule has 0 atom stereocenters. The van der Waals surface area contributed by atoms with Gasteiger partial charge in [0.1, 0.15) is 5.69 Å². The van der Waals surface area contributed by atoms with Crippen LogP contribution in [0.3, 0.4) is 0 Å². The Bertz CT molecular complexity index is 1200. The van der Waals surface area contributed by atoms with Crippen molar-refractivity contribution in [1.29, 1.82) is 0 Å². The maximum atomic E-state index is 12.8. The summed E-state index contributed by atoms with van der Waals surface area (Å²) in [4.78, 5) is 12.8. The zero-order valence-corrected chi connectivity index (χ0v) is 18.5. The summed E-state index contributed by atoms with van der Waals surface area (Å²) in [6.07, 6.45) is 0.779. The second-order valence-corrected chi connectivity index (χ2v) is 9.70. The first-order valence-electron chi connectivity index (χ1n) is 9.65. The van der Waals surface area contributed by atoms with Gasteiger partial charge in [0.05, 0.1) is 10.6 Å². The molecule has 2 aromatic heterocycles. The third-order valence-electron chi connectivity index (χ3n) is 5.15. The second kappa shape index (κ2) is 8.40. The number of anilines is 1. The number of amides is 1. The highest BCUT2D eigenvalue weighted by Gasteiger charge is 2.32. The number of hydrogen-bond acceptors (Lipinski definition) is 7. The van der Waals surface area contributed by atoms with Crippen molar-refractivity contribution in [2.24, 2.45) is 13.0 Å². The molecule has 10 nitrogen and oxygen atoms in total. The van der Waals surface area contributed by atoms with Crippen LogP contribution >= 0.6 is 11.6 Å². The fourth-order valence-corrected chi connectivity index (χ4v) is 5.11. The van der Waals surface area contributed by atoms with Crippen molar-refractivity contribution < 1.29 is 17.6 Å². The molecule has 3 heterocycles. The molecule has 0 aliphatic carbocycles. The van der Waals surface area contributed by atoms with Crippen LogP contribution in [0.2, 0.25) is 5.02 Å². The Morgan fingerprint density at radius 2 is 1.87 bits per heavy atom. The van der Waals surface area contributed by atoms with Crippen LogP contribution in [0.4, 0.5) is 6.01 Å². The SMILES string of the molecule is Cc1cc(-c2nnc(NC(=O)C3CCN(S(=O)(=O)c4ccc(Cl)cc4)CC3)o2)n(C)n1. The number of hydrogen-bond donors (Lipinski definition) is 1. The molecule has 4 rings (SSSR count). The number of nitrogens with zero attached hydrogens (tertiary/aromatic N) is 5. The Balaban J connectivity index is 1.37. The van der Waals surface area contributed by atoms with Crippen molar-refractivity contribution in [3.05, 3.63) is 41.0 Å². The molecule has 3 aromatic rings. The van der Waals surface area contributed by atoms with Gasteiger partial charge in [0, 0.05) is 31.1 Å². The molecular formula is C19H21ClN6O4S. The number of carbonyl (C=O) groups is 1. The molecule has 0 spiro atoms. The van der Waals surface area contributed by atoms with Gasteiger partial charge >= 0.3 is 6.01 Å². The lowest BCUT2D eigenvalue weighted by molar-refractivity contribution is -0.121. The summed E-state index contributed by atoms with van der Waals surface area (Å²) < 4.78 is 34.1. The van der Waals surface area contributed by atoms with E-state index in [1.54, 1.807) is 29.9 Å². The van der Waals surface area contributed by atoms with Crippen LogP contribution in [0.5, 0.6) is 0 Å². The van der Waals surface area contributed by atoms with Crippen molar-refractivity contribution in [3.63, 3.8) is 0 Å². The molecule has 1 N–H and O–H groups in total. The quantitative estimate of drug-likeness (QED) is 0.615. The van der Waals surface area contributed by atoms with Gasteiger partial charge in [0.15, 0.2) is 0 Å². The third kappa shape index (κ3) is 4.48. The summed E-state index contributed by atoms with van der Waals surface area (Å²) in [7, 11) is -1.86. The third-order valence-corrected chi connectivity index (χ3v) is 7.32. The summed E-state index contributed by atoms with van der Waals surface area (Å²) in [5.74, 6) is -0.381. The van der Waals surface area contributed by atoms with Gasteiger partial charge in [-0.25, -0.2) is 8.42 Å². The number of piperidine rings is 1. The normalized spacial score (nSPS) is 15.8. The van der Waals surface area contributed by atoms with Crippen molar-refractivity contribution in [1.82, 2.24) is 24.3 Å². The molecule has 0 bridgehead atoms. The standard InChI is InChI=1S/C19H21ClN6O4S/c1-12-11-16(25(2)24-12)18-22-23-19(30-18)21-17(27)13-7-9-26(10-8-13)31(28,29)15-5-3-14(20)4-6-15/h3-6,11,13H,7-10H2,1-2H3,(H,21,23,27). The van der Waals surface area contributed by atoms with Crippen LogP contribution in [0.1, 0.15) is 18.5 Å². The van der Waals surface area contributed by atoms with Crippen molar-refractivity contribution in [2.75, 3.05) is 18.4 Å². The second-order valence-electron chi connectivity index (χ2n) is 7.33. The molecule has 1 saturated heterocycles. The first kappa shape index (κ1) is 21.5. The fraction of sp³-hybridized carbons (Fsp3) is 0.368. The summed E-state index contributed by atoms with van der Waals surface area (Å²) in [5, 5.41) is 15.1. The number of aryl methyl sites for hydroxylation is 2. The number of benzene rings is 1. The summed E-state index contributed by atoms with van der Waals surface area (Å²) in [5.41, 5.74) is 1.45. The smallest absolute Gasteiger partial charge is 0.322 e. The molecule has 1 aromatic carbocycles. The van der Waals surface area contributed by atoms with Crippen LogP contribution in [0.15, 0.2) is 39.6 Å². The van der Waals surface area contributed by atoms with Gasteiger partial charge in [-0.3, -0.25) is 14.8 Å². The van der Waals surface area contributed by atoms with Gasteiger partial charge in [-0.05, 0) is 50.1 Å². The van der Waals surface area contributed by atoms with E-state index >= 15 is 0 Å². The van der Waals surface area contributed by atoms with E-state index in [1.165, 1.54) is 16.4 Å². The average molecular weight is 465 g/mol. The lowest BCUT2D eigenvalue weighted by atomic mass is 9.97. The van der Waals surface area contributed by atoms with E-state index in [-0.39, 0.29) is 41.7 Å². The number of carbonyl (C=O) groups excluding carboxylic acids is 1. The molecule has 0 saturated carbocycles. The Hall–Kier alpha value is -2.76. The molecule has 0 unspecified atom stereocenters. The van der Waals surface area contributed by atoms with Gasteiger partial charge in [-0.2, -0.15) is 9.40 Å². The van der Waals surface area contributed by atoms with E-state index in [4.69, 9.17) is 16.0 Å². The predicted molar refractivity (Wildman–Crippen MR) is 113 cm³/mol. The average Bonchev–Trinajstić information content (AvgIpc) is 3.33. The molecule has 164 valence electrons. The minimum Gasteiger partial charge on any atom is -0.401 e. The number of sulfonamides is 1. The van der Waals surface area contributed by atoms with E-state index in [0.29, 0.717) is 23.6 Å². The van der Waals surface area contributed by atoms with Gasteiger partial charge in [0.2, 0.25) is 15.9 Å². The largest absolute Gasteiger partial charge is 0.401 e. The molecule has 31 heavy (non-hydrogen) atoms. The van der Waals surface area contributed by atoms with E-state index < -0.39 is 10.0 Å². The topological polar surface area (TPSA) is 123 Å². The van der Waals surface area contributed by atoms with Crippen LogP contribution in [-0.2, 0) is 21.9 Å². The maximum absolute atomic E-state index is 12.8. The van der Waals surface area contributed by atoms with Gasteiger partial charge in [0.25, 0.3) is 5.89 Å². The van der Waals surface area contributed by atoms with Crippen molar-refractivity contribution in [2.45, 2.75) is 24.7 Å². The number of nitrogens with one attached hydrogen (secondary N) is 1. The number of halogens is 1. The molecule has 0 radical (unpaired) electrons. The molecule has 1 fully saturated rings. The summed E-state index contributed by atoms with van der Waals surface area (Å²) >= 11 is 5.84. The van der Waals surface area contributed by atoms with E-state index in [1.807, 2.05) is 6.92 Å². The fourth-order valence-electron chi connectivity index (χ4n) is 3.51. The monoisotopic (exact) mass is 464 g/mol. The highest BCUT2D eigenvalue weighted by molar-refractivity contribution is 7.89. The van der Waals surface area contributed by atoms with Crippen LogP contribution in [-0.4, -0.2) is 51.7 Å². The minimum atomic E-state index is -3.62. The van der Waals surface area contributed by atoms with Crippen molar-refractivity contribution >= 4 is 33.5 Å². The van der Waals surface area contributed by atoms with Gasteiger partial charge in [-0.15, -0.1) is 5.10 Å². The molecular weight excluding hydrogens is 444 g/mol. The van der Waals surface area contributed by atoms with Crippen LogP contribution < -0.4 is 5.32 Å². The van der Waals surface area contributed by atoms with Gasteiger partial charge < -0.3 is 4.42 Å². The predicted octanol–water partition coefficient (Wildman–Crippen LogP) is 2.47. The molecule has 1 amide bonds. The van der Waals surface area contributed by atoms with Crippen molar-refractivity contribution in [3.8, 4) is 11.6 Å². The zero-order valence-electron chi connectivity index (χ0n) is 16.9. The Morgan fingerprint density at radius 1 is 1.19 bits per heavy atom. The van der Waals surface area contributed by atoms with Crippen LogP contribution in [0, 0.1) is 12.8 Å². The lowest BCUT2D eigenvalue weighted by Crippen LogP contribution is -2.41. The molecule has 12 heteroatoms.